The Morgan fingerprint density at radius 2 is 1.69 bits per heavy atom. The summed E-state index contributed by atoms with van der Waals surface area (Å²) in [6.07, 6.45) is -1.18. The number of anilines is 1. The van der Waals surface area contributed by atoms with Gasteiger partial charge in [-0.05, 0) is 30.3 Å². The summed E-state index contributed by atoms with van der Waals surface area (Å²) in [5, 5.41) is 3.99. The highest BCUT2D eigenvalue weighted by Gasteiger charge is 2.26. The molecule has 0 saturated heterocycles. The van der Waals surface area contributed by atoms with E-state index < -0.39 is 18.0 Å². The minimum absolute atomic E-state index is 0.116. The van der Waals surface area contributed by atoms with Crippen molar-refractivity contribution in [2.75, 3.05) is 12.4 Å². The lowest BCUT2D eigenvalue weighted by Crippen LogP contribution is -2.26. The number of amides is 1. The Bertz CT molecular complexity index is 1280. The van der Waals surface area contributed by atoms with Crippen LogP contribution in [0.25, 0.3) is 10.9 Å². The first-order valence-corrected chi connectivity index (χ1v) is 10.2. The Kier molecular flexibility index (Phi) is 6.33. The molecule has 160 valence electrons. The quantitative estimate of drug-likeness (QED) is 0.399. The highest BCUT2D eigenvalue weighted by atomic mass is 35.5. The van der Waals surface area contributed by atoms with Gasteiger partial charge in [-0.15, -0.1) is 0 Å². The summed E-state index contributed by atoms with van der Waals surface area (Å²) in [4.78, 5) is 30.3. The van der Waals surface area contributed by atoms with Gasteiger partial charge >= 0.3 is 5.97 Å². The summed E-state index contributed by atoms with van der Waals surface area (Å²) in [5.74, 6) is -0.739. The molecule has 3 aromatic carbocycles. The van der Waals surface area contributed by atoms with Gasteiger partial charge in [0.2, 0.25) is 6.10 Å². The Morgan fingerprint density at radius 1 is 0.938 bits per heavy atom. The second-order valence-corrected chi connectivity index (χ2v) is 7.33. The molecule has 0 fully saturated rings. The monoisotopic (exact) mass is 446 g/mol. The third-order valence-electron chi connectivity index (χ3n) is 4.79. The largest absolute Gasteiger partial charge is 0.495 e. The van der Waals surface area contributed by atoms with Gasteiger partial charge in [-0.2, -0.15) is 0 Å². The molecule has 0 spiro atoms. The molecule has 1 atom stereocenters. The topological polar surface area (TPSA) is 77.5 Å². The van der Waals surface area contributed by atoms with Crippen molar-refractivity contribution in [2.24, 2.45) is 0 Å². The summed E-state index contributed by atoms with van der Waals surface area (Å²) in [5.41, 5.74) is 1.75. The third-order valence-corrected chi connectivity index (χ3v) is 5.09. The van der Waals surface area contributed by atoms with Gasteiger partial charge in [0.25, 0.3) is 5.91 Å². The lowest BCUT2D eigenvalue weighted by Gasteiger charge is -2.18. The molecule has 7 heteroatoms. The summed E-state index contributed by atoms with van der Waals surface area (Å²) in [7, 11) is 1.51. The summed E-state index contributed by atoms with van der Waals surface area (Å²) in [6, 6.07) is 24.4. The normalized spacial score (nSPS) is 11.6. The van der Waals surface area contributed by atoms with E-state index >= 15 is 0 Å². The minimum Gasteiger partial charge on any atom is -0.495 e. The van der Waals surface area contributed by atoms with Crippen LogP contribution in [0.4, 0.5) is 5.69 Å². The number of esters is 1. The zero-order chi connectivity index (χ0) is 22.5. The van der Waals surface area contributed by atoms with Gasteiger partial charge in [-0.1, -0.05) is 66.2 Å². The molecule has 0 saturated carbocycles. The van der Waals surface area contributed by atoms with Crippen molar-refractivity contribution >= 4 is 40.1 Å². The second kappa shape index (κ2) is 9.49. The van der Waals surface area contributed by atoms with E-state index in [-0.39, 0.29) is 5.69 Å². The number of carbonyl (C=O) groups excluding carboxylic acids is 2. The van der Waals surface area contributed by atoms with Gasteiger partial charge in [-0.25, -0.2) is 9.78 Å². The summed E-state index contributed by atoms with van der Waals surface area (Å²) >= 11 is 6.15. The Labute approximate surface area is 189 Å². The number of halogens is 1. The van der Waals surface area contributed by atoms with Gasteiger partial charge in [0, 0.05) is 16.6 Å². The highest BCUT2D eigenvalue weighted by Crippen LogP contribution is 2.28. The van der Waals surface area contributed by atoms with E-state index in [9.17, 15) is 9.59 Å². The van der Waals surface area contributed by atoms with Crippen LogP contribution in [0.2, 0.25) is 5.02 Å². The molecule has 1 aromatic heterocycles. The molecule has 0 aliphatic carbocycles. The molecule has 1 N–H and O–H groups in total. The van der Waals surface area contributed by atoms with Crippen molar-refractivity contribution in [3.05, 3.63) is 101 Å². The first-order chi connectivity index (χ1) is 15.5. The van der Waals surface area contributed by atoms with Crippen LogP contribution in [-0.4, -0.2) is 24.0 Å². The fraction of sp³-hybridized carbons (Fsp3) is 0.0800. The molecule has 6 nitrogen and oxygen atoms in total. The smallest absolute Gasteiger partial charge is 0.358 e. The number of nitrogens with zero attached hydrogens (tertiary/aromatic N) is 1. The number of benzene rings is 3. The molecule has 0 unspecified atom stereocenters. The van der Waals surface area contributed by atoms with E-state index in [0.717, 1.165) is 5.39 Å². The van der Waals surface area contributed by atoms with Crippen LogP contribution in [0, 0.1) is 0 Å². The van der Waals surface area contributed by atoms with E-state index in [2.05, 4.69) is 10.3 Å². The number of hydrogen-bond acceptors (Lipinski definition) is 5. The van der Waals surface area contributed by atoms with Crippen molar-refractivity contribution < 1.29 is 19.1 Å². The SMILES string of the molecule is COc1ccc(NC(=O)[C@H](OC(=O)c2ccc3ccccc3n2)c2ccccc2)cc1Cl. The standard InChI is InChI=1S/C25H19ClN2O4/c1-31-22-14-12-18(15-19(22)26)27-24(29)23(17-8-3-2-4-9-17)32-25(30)21-13-11-16-7-5-6-10-20(16)28-21/h2-15,23H,1H3,(H,27,29)/t23-/m1/s1. The number of carbonyl (C=O) groups is 2. The fourth-order valence-electron chi connectivity index (χ4n) is 3.20. The molecule has 0 radical (unpaired) electrons. The van der Waals surface area contributed by atoms with Crippen LogP contribution in [0.15, 0.2) is 84.9 Å². The number of fused-ring (bicyclic) bond motifs is 1. The summed E-state index contributed by atoms with van der Waals surface area (Å²) in [6.45, 7) is 0. The van der Waals surface area contributed by atoms with Crippen molar-refractivity contribution in [3.63, 3.8) is 0 Å². The van der Waals surface area contributed by atoms with E-state index in [4.69, 9.17) is 21.1 Å². The van der Waals surface area contributed by atoms with Crippen LogP contribution >= 0.6 is 11.6 Å². The van der Waals surface area contributed by atoms with E-state index in [1.807, 2.05) is 24.3 Å². The van der Waals surface area contributed by atoms with Crippen LogP contribution < -0.4 is 10.1 Å². The molecule has 0 aliphatic heterocycles. The zero-order valence-electron chi connectivity index (χ0n) is 17.1. The van der Waals surface area contributed by atoms with Crippen LogP contribution in [0.3, 0.4) is 0 Å². The van der Waals surface area contributed by atoms with Gasteiger partial charge in [0.1, 0.15) is 11.4 Å². The number of nitrogens with one attached hydrogen (secondary N) is 1. The van der Waals surface area contributed by atoms with Crippen molar-refractivity contribution in [3.8, 4) is 5.75 Å². The maximum absolute atomic E-state index is 13.1. The lowest BCUT2D eigenvalue weighted by molar-refractivity contribution is -0.125. The molecular weight excluding hydrogens is 428 g/mol. The third kappa shape index (κ3) is 4.71. The van der Waals surface area contributed by atoms with Gasteiger partial charge in [0.15, 0.2) is 0 Å². The van der Waals surface area contributed by atoms with Crippen molar-refractivity contribution in [1.82, 2.24) is 4.98 Å². The van der Waals surface area contributed by atoms with Crippen LogP contribution in [-0.2, 0) is 9.53 Å². The average molecular weight is 447 g/mol. The second-order valence-electron chi connectivity index (χ2n) is 6.92. The molecule has 1 heterocycles. The fourth-order valence-corrected chi connectivity index (χ4v) is 3.46. The maximum Gasteiger partial charge on any atom is 0.358 e. The Balaban J connectivity index is 1.59. The predicted molar refractivity (Wildman–Crippen MR) is 123 cm³/mol. The molecular formula is C25H19ClN2O4. The molecule has 4 rings (SSSR count). The maximum atomic E-state index is 13.1. The number of pyridine rings is 1. The highest BCUT2D eigenvalue weighted by molar-refractivity contribution is 6.32. The number of hydrogen-bond donors (Lipinski definition) is 1. The van der Waals surface area contributed by atoms with Crippen LogP contribution in [0.5, 0.6) is 5.75 Å². The van der Waals surface area contributed by atoms with Gasteiger partial charge in [0.05, 0.1) is 17.6 Å². The first-order valence-electron chi connectivity index (χ1n) is 9.81. The van der Waals surface area contributed by atoms with Gasteiger partial charge < -0.3 is 14.8 Å². The number of ether oxygens (including phenoxy) is 2. The van der Waals surface area contributed by atoms with E-state index in [1.54, 1.807) is 60.7 Å². The minimum atomic E-state index is -1.18. The number of methoxy groups -OCH3 is 1. The van der Waals surface area contributed by atoms with Crippen molar-refractivity contribution in [1.29, 1.82) is 0 Å². The lowest BCUT2D eigenvalue weighted by atomic mass is 10.1. The average Bonchev–Trinajstić information content (AvgIpc) is 2.82. The number of aromatic nitrogens is 1. The number of rotatable bonds is 6. The predicted octanol–water partition coefficient (Wildman–Crippen LogP) is 5.43. The Hall–Kier alpha value is -3.90. The van der Waals surface area contributed by atoms with E-state index in [1.165, 1.54) is 7.11 Å². The summed E-state index contributed by atoms with van der Waals surface area (Å²) < 4.78 is 10.7. The van der Waals surface area contributed by atoms with Gasteiger partial charge in [-0.3, -0.25) is 4.79 Å². The number of para-hydroxylation sites is 1. The molecule has 0 bridgehead atoms. The molecule has 1 amide bonds. The molecule has 4 aromatic rings. The van der Waals surface area contributed by atoms with Crippen molar-refractivity contribution in [2.45, 2.75) is 6.10 Å². The first kappa shape index (κ1) is 21.3. The van der Waals surface area contributed by atoms with E-state index in [0.29, 0.717) is 27.5 Å². The molecule has 0 aliphatic rings. The molecule has 32 heavy (non-hydrogen) atoms. The zero-order valence-corrected chi connectivity index (χ0v) is 17.9. The van der Waals surface area contributed by atoms with Crippen LogP contribution in [0.1, 0.15) is 22.2 Å². The Morgan fingerprint density at radius 3 is 2.44 bits per heavy atom.